The second-order valence-corrected chi connectivity index (χ2v) is 5.29. The van der Waals surface area contributed by atoms with Crippen LogP contribution in [0.3, 0.4) is 0 Å². The summed E-state index contributed by atoms with van der Waals surface area (Å²) < 4.78 is 11.5. The standard InChI is InChI=1S/C16H16BrNO3/c1-20-14-6-2-4-12(8-14)10-18-16(19)11-21-15-7-3-5-13(17)9-15/h2-9H,10-11H2,1H3,(H,18,19). The lowest BCUT2D eigenvalue weighted by Crippen LogP contribution is -2.28. The summed E-state index contributed by atoms with van der Waals surface area (Å²) in [6.07, 6.45) is 0. The molecular formula is C16H16BrNO3. The van der Waals surface area contributed by atoms with Gasteiger partial charge in [0.1, 0.15) is 11.5 Å². The van der Waals surface area contributed by atoms with Crippen LogP contribution in [-0.2, 0) is 11.3 Å². The molecule has 21 heavy (non-hydrogen) atoms. The topological polar surface area (TPSA) is 47.6 Å². The molecule has 2 aromatic carbocycles. The first-order valence-corrected chi connectivity index (χ1v) is 7.24. The zero-order chi connectivity index (χ0) is 15.1. The molecule has 1 amide bonds. The van der Waals surface area contributed by atoms with Gasteiger partial charge in [0.15, 0.2) is 6.61 Å². The number of carbonyl (C=O) groups excluding carboxylic acids is 1. The molecule has 0 atom stereocenters. The van der Waals surface area contributed by atoms with Gasteiger partial charge in [0.05, 0.1) is 7.11 Å². The van der Waals surface area contributed by atoms with Gasteiger partial charge in [-0.25, -0.2) is 0 Å². The molecule has 0 radical (unpaired) electrons. The highest BCUT2D eigenvalue weighted by Gasteiger charge is 2.04. The maximum absolute atomic E-state index is 11.8. The third-order valence-corrected chi connectivity index (χ3v) is 3.28. The van der Waals surface area contributed by atoms with Crippen LogP contribution in [0.2, 0.25) is 0 Å². The molecule has 0 aliphatic rings. The van der Waals surface area contributed by atoms with Crippen molar-refractivity contribution in [1.82, 2.24) is 5.32 Å². The second kappa shape index (κ2) is 7.69. The SMILES string of the molecule is COc1cccc(CNC(=O)COc2cccc(Br)c2)c1. The normalized spacial score (nSPS) is 10.0. The fourth-order valence-corrected chi connectivity index (χ4v) is 2.12. The molecule has 0 saturated heterocycles. The summed E-state index contributed by atoms with van der Waals surface area (Å²) in [6.45, 7) is 0.429. The van der Waals surface area contributed by atoms with Crippen LogP contribution < -0.4 is 14.8 Å². The van der Waals surface area contributed by atoms with E-state index in [2.05, 4.69) is 21.2 Å². The Morgan fingerprint density at radius 2 is 1.90 bits per heavy atom. The maximum atomic E-state index is 11.8. The van der Waals surface area contributed by atoms with Crippen molar-refractivity contribution < 1.29 is 14.3 Å². The monoisotopic (exact) mass is 349 g/mol. The quantitative estimate of drug-likeness (QED) is 0.871. The Morgan fingerprint density at radius 1 is 1.14 bits per heavy atom. The first-order valence-electron chi connectivity index (χ1n) is 6.45. The highest BCUT2D eigenvalue weighted by molar-refractivity contribution is 9.10. The number of hydrogen-bond acceptors (Lipinski definition) is 3. The molecule has 2 rings (SSSR count). The average Bonchev–Trinajstić information content (AvgIpc) is 2.51. The van der Waals surface area contributed by atoms with Crippen molar-refractivity contribution in [2.24, 2.45) is 0 Å². The number of methoxy groups -OCH3 is 1. The van der Waals surface area contributed by atoms with Crippen molar-refractivity contribution in [2.45, 2.75) is 6.54 Å². The van der Waals surface area contributed by atoms with Crippen LogP contribution in [0.5, 0.6) is 11.5 Å². The number of ether oxygens (including phenoxy) is 2. The molecule has 0 spiro atoms. The molecule has 4 nitrogen and oxygen atoms in total. The largest absolute Gasteiger partial charge is 0.497 e. The molecule has 2 aromatic rings. The minimum atomic E-state index is -0.169. The summed E-state index contributed by atoms with van der Waals surface area (Å²) in [5.74, 6) is 1.26. The van der Waals surface area contributed by atoms with Crippen LogP contribution in [0.4, 0.5) is 0 Å². The predicted octanol–water partition coefficient (Wildman–Crippen LogP) is 3.15. The van der Waals surface area contributed by atoms with Crippen molar-refractivity contribution >= 4 is 21.8 Å². The number of nitrogens with one attached hydrogen (secondary N) is 1. The zero-order valence-electron chi connectivity index (χ0n) is 11.6. The Hall–Kier alpha value is -2.01. The lowest BCUT2D eigenvalue weighted by atomic mass is 10.2. The van der Waals surface area contributed by atoms with Gasteiger partial charge in [0, 0.05) is 11.0 Å². The summed E-state index contributed by atoms with van der Waals surface area (Å²) in [7, 11) is 1.61. The van der Waals surface area contributed by atoms with E-state index in [-0.39, 0.29) is 12.5 Å². The van der Waals surface area contributed by atoms with Crippen molar-refractivity contribution in [3.63, 3.8) is 0 Å². The van der Waals surface area contributed by atoms with Crippen molar-refractivity contribution in [1.29, 1.82) is 0 Å². The molecule has 0 saturated carbocycles. The summed E-state index contributed by atoms with van der Waals surface area (Å²) in [5, 5.41) is 2.80. The molecule has 0 aliphatic carbocycles. The minimum Gasteiger partial charge on any atom is -0.497 e. The molecule has 0 unspecified atom stereocenters. The number of halogens is 1. The summed E-state index contributed by atoms with van der Waals surface area (Å²) in [4.78, 5) is 11.8. The third-order valence-electron chi connectivity index (χ3n) is 2.79. The molecule has 5 heteroatoms. The van der Waals surface area contributed by atoms with Crippen molar-refractivity contribution in [3.8, 4) is 11.5 Å². The van der Waals surface area contributed by atoms with Gasteiger partial charge >= 0.3 is 0 Å². The zero-order valence-corrected chi connectivity index (χ0v) is 13.2. The van der Waals surface area contributed by atoms with Crippen LogP contribution in [0.25, 0.3) is 0 Å². The Kier molecular flexibility index (Phi) is 5.63. The first-order chi connectivity index (χ1) is 10.2. The smallest absolute Gasteiger partial charge is 0.258 e. The number of amides is 1. The summed E-state index contributed by atoms with van der Waals surface area (Å²) in [6, 6.07) is 14.9. The van der Waals surface area contributed by atoms with Crippen LogP contribution in [0, 0.1) is 0 Å². The van der Waals surface area contributed by atoms with E-state index in [0.29, 0.717) is 12.3 Å². The second-order valence-electron chi connectivity index (χ2n) is 4.37. The van der Waals surface area contributed by atoms with Crippen LogP contribution >= 0.6 is 15.9 Å². The van der Waals surface area contributed by atoms with E-state index in [1.165, 1.54) is 0 Å². The van der Waals surface area contributed by atoms with Crippen LogP contribution in [0.15, 0.2) is 53.0 Å². The van der Waals surface area contributed by atoms with Gasteiger partial charge in [-0.05, 0) is 35.9 Å². The van der Waals surface area contributed by atoms with Gasteiger partial charge < -0.3 is 14.8 Å². The molecular weight excluding hydrogens is 334 g/mol. The van der Waals surface area contributed by atoms with Crippen LogP contribution in [-0.4, -0.2) is 19.6 Å². The molecule has 0 bridgehead atoms. The molecule has 0 aliphatic heterocycles. The van der Waals surface area contributed by atoms with E-state index in [1.54, 1.807) is 13.2 Å². The first kappa shape index (κ1) is 15.4. The van der Waals surface area contributed by atoms with E-state index >= 15 is 0 Å². The van der Waals surface area contributed by atoms with Gasteiger partial charge in [0.2, 0.25) is 0 Å². The molecule has 0 aromatic heterocycles. The number of hydrogen-bond donors (Lipinski definition) is 1. The predicted molar refractivity (Wildman–Crippen MR) is 84.5 cm³/mol. The molecule has 0 heterocycles. The summed E-state index contributed by atoms with van der Waals surface area (Å²) >= 11 is 3.35. The molecule has 0 fully saturated rings. The Bertz CT molecular complexity index is 616. The van der Waals surface area contributed by atoms with Gasteiger partial charge in [-0.15, -0.1) is 0 Å². The fourth-order valence-electron chi connectivity index (χ4n) is 1.74. The average molecular weight is 350 g/mol. The van der Waals surface area contributed by atoms with Gasteiger partial charge in [-0.1, -0.05) is 34.1 Å². The van der Waals surface area contributed by atoms with E-state index in [9.17, 15) is 4.79 Å². The Balaban J connectivity index is 1.79. The van der Waals surface area contributed by atoms with E-state index < -0.39 is 0 Å². The molecule has 1 N–H and O–H groups in total. The fraction of sp³-hybridized carbons (Fsp3) is 0.188. The summed E-state index contributed by atoms with van der Waals surface area (Å²) in [5.41, 5.74) is 0.977. The highest BCUT2D eigenvalue weighted by Crippen LogP contribution is 2.17. The minimum absolute atomic E-state index is 0.0135. The van der Waals surface area contributed by atoms with E-state index in [0.717, 1.165) is 15.8 Å². The molecule has 110 valence electrons. The van der Waals surface area contributed by atoms with E-state index in [4.69, 9.17) is 9.47 Å². The maximum Gasteiger partial charge on any atom is 0.258 e. The number of carbonyl (C=O) groups is 1. The van der Waals surface area contributed by atoms with Gasteiger partial charge in [-0.2, -0.15) is 0 Å². The van der Waals surface area contributed by atoms with Crippen LogP contribution in [0.1, 0.15) is 5.56 Å². The van der Waals surface area contributed by atoms with Crippen molar-refractivity contribution in [2.75, 3.05) is 13.7 Å². The lowest BCUT2D eigenvalue weighted by molar-refractivity contribution is -0.123. The lowest BCUT2D eigenvalue weighted by Gasteiger charge is -2.08. The third kappa shape index (κ3) is 5.11. The van der Waals surface area contributed by atoms with E-state index in [1.807, 2.05) is 42.5 Å². The number of rotatable bonds is 6. The Labute approximate surface area is 132 Å². The number of benzene rings is 2. The van der Waals surface area contributed by atoms with Gasteiger partial charge in [-0.3, -0.25) is 4.79 Å². The van der Waals surface area contributed by atoms with Gasteiger partial charge in [0.25, 0.3) is 5.91 Å². The highest BCUT2D eigenvalue weighted by atomic mass is 79.9. The van der Waals surface area contributed by atoms with Crippen molar-refractivity contribution in [3.05, 3.63) is 58.6 Å². The Morgan fingerprint density at radius 3 is 2.67 bits per heavy atom.